The van der Waals surface area contributed by atoms with Crippen LogP contribution >= 0.6 is 0 Å². The van der Waals surface area contributed by atoms with E-state index in [-0.39, 0.29) is 5.54 Å². The molecule has 0 aromatic carbocycles. The largest absolute Gasteiger partial charge is 0.365 e. The lowest BCUT2D eigenvalue weighted by Crippen LogP contribution is -2.44. The summed E-state index contributed by atoms with van der Waals surface area (Å²) in [7, 11) is 4.14. The van der Waals surface area contributed by atoms with E-state index in [1.807, 2.05) is 11.9 Å². The summed E-state index contributed by atoms with van der Waals surface area (Å²) in [6.45, 7) is 6.52. The maximum atomic E-state index is 11.5. The molecular formula is C15H24N4O. The summed E-state index contributed by atoms with van der Waals surface area (Å²) in [5.74, 6) is 0.785. The van der Waals surface area contributed by atoms with Crippen LogP contribution in [0.1, 0.15) is 30.6 Å². The Labute approximate surface area is 120 Å². The van der Waals surface area contributed by atoms with Gasteiger partial charge in [0.15, 0.2) is 0 Å². The average Bonchev–Trinajstić information content (AvgIpc) is 2.65. The van der Waals surface area contributed by atoms with Crippen LogP contribution in [0.2, 0.25) is 0 Å². The Morgan fingerprint density at radius 1 is 1.60 bits per heavy atom. The van der Waals surface area contributed by atoms with E-state index in [0.717, 1.165) is 19.5 Å². The zero-order chi connectivity index (χ0) is 14.9. The molecule has 1 aliphatic rings. The third-order valence-corrected chi connectivity index (χ3v) is 4.70. The Kier molecular flexibility index (Phi) is 3.99. The highest BCUT2D eigenvalue weighted by Crippen LogP contribution is 2.34. The first-order chi connectivity index (χ1) is 9.34. The van der Waals surface area contributed by atoms with Crippen molar-refractivity contribution in [2.75, 3.05) is 32.1 Å². The molecule has 2 heterocycles. The molecule has 2 N–H and O–H groups in total. The Hall–Kier alpha value is -1.62. The summed E-state index contributed by atoms with van der Waals surface area (Å²) in [4.78, 5) is 20.2. The number of hydrogen-bond acceptors (Lipinski definition) is 4. The van der Waals surface area contributed by atoms with E-state index in [0.29, 0.717) is 17.3 Å². The second kappa shape index (κ2) is 5.40. The van der Waals surface area contributed by atoms with Crippen LogP contribution in [0.25, 0.3) is 0 Å². The van der Waals surface area contributed by atoms with Crippen molar-refractivity contribution in [2.45, 2.75) is 25.8 Å². The zero-order valence-electron chi connectivity index (χ0n) is 12.8. The Balaban J connectivity index is 2.17. The fourth-order valence-corrected chi connectivity index (χ4v) is 2.93. The van der Waals surface area contributed by atoms with Gasteiger partial charge in [-0.1, -0.05) is 0 Å². The van der Waals surface area contributed by atoms with Gasteiger partial charge in [-0.15, -0.1) is 0 Å². The van der Waals surface area contributed by atoms with E-state index in [2.05, 4.69) is 30.8 Å². The number of primary amides is 1. The van der Waals surface area contributed by atoms with Gasteiger partial charge in [-0.3, -0.25) is 4.79 Å². The van der Waals surface area contributed by atoms with Crippen molar-refractivity contribution in [3.05, 3.63) is 23.9 Å². The normalized spacial score (nSPS) is 21.9. The number of amides is 1. The first-order valence-electron chi connectivity index (χ1n) is 7.01. The van der Waals surface area contributed by atoms with Crippen LogP contribution in [0.5, 0.6) is 0 Å². The molecule has 1 fully saturated rings. The van der Waals surface area contributed by atoms with Gasteiger partial charge in [0.1, 0.15) is 5.82 Å². The minimum absolute atomic E-state index is 0.163. The molecule has 0 spiro atoms. The molecule has 5 nitrogen and oxygen atoms in total. The molecule has 0 bridgehead atoms. The summed E-state index contributed by atoms with van der Waals surface area (Å²) < 4.78 is 0. The smallest absolute Gasteiger partial charge is 0.252 e. The van der Waals surface area contributed by atoms with Crippen LogP contribution in [0.4, 0.5) is 5.82 Å². The highest BCUT2D eigenvalue weighted by molar-refractivity contribution is 5.97. The maximum absolute atomic E-state index is 11.5. The van der Waals surface area contributed by atoms with Crippen LogP contribution in [-0.4, -0.2) is 48.5 Å². The molecule has 0 aliphatic carbocycles. The lowest BCUT2D eigenvalue weighted by atomic mass is 9.88. The van der Waals surface area contributed by atoms with Gasteiger partial charge in [0.25, 0.3) is 5.91 Å². The first-order valence-corrected chi connectivity index (χ1v) is 7.01. The molecule has 5 heteroatoms. The molecule has 0 saturated carbocycles. The van der Waals surface area contributed by atoms with Gasteiger partial charge in [-0.2, -0.15) is 0 Å². The van der Waals surface area contributed by atoms with E-state index < -0.39 is 5.91 Å². The SMILES string of the molecule is CN(C[C@H]1CCN(C)C1(C)C)c1ncccc1C(N)=O. The number of hydrogen-bond donors (Lipinski definition) is 1. The number of rotatable bonds is 4. The molecule has 1 amide bonds. The summed E-state index contributed by atoms with van der Waals surface area (Å²) in [5.41, 5.74) is 6.07. The van der Waals surface area contributed by atoms with Crippen molar-refractivity contribution in [3.8, 4) is 0 Å². The van der Waals surface area contributed by atoms with Crippen molar-refractivity contribution in [1.82, 2.24) is 9.88 Å². The summed E-state index contributed by atoms with van der Waals surface area (Å²) in [5, 5.41) is 0. The number of anilines is 1. The zero-order valence-corrected chi connectivity index (χ0v) is 12.8. The molecule has 0 radical (unpaired) electrons. The second-order valence-corrected chi connectivity index (χ2v) is 6.18. The molecule has 110 valence electrons. The van der Waals surface area contributed by atoms with Crippen molar-refractivity contribution < 1.29 is 4.79 Å². The fraction of sp³-hybridized carbons (Fsp3) is 0.600. The molecule has 1 aromatic rings. The van der Waals surface area contributed by atoms with Crippen LogP contribution < -0.4 is 10.6 Å². The average molecular weight is 276 g/mol. The maximum Gasteiger partial charge on any atom is 0.252 e. The lowest BCUT2D eigenvalue weighted by Gasteiger charge is -2.36. The monoisotopic (exact) mass is 276 g/mol. The summed E-state index contributed by atoms with van der Waals surface area (Å²) in [6, 6.07) is 3.47. The number of nitrogens with two attached hydrogens (primary N) is 1. The van der Waals surface area contributed by atoms with E-state index in [1.165, 1.54) is 0 Å². The topological polar surface area (TPSA) is 62.5 Å². The van der Waals surface area contributed by atoms with Crippen LogP contribution in [0, 0.1) is 5.92 Å². The van der Waals surface area contributed by atoms with Gasteiger partial charge >= 0.3 is 0 Å². The fourth-order valence-electron chi connectivity index (χ4n) is 2.93. The lowest BCUT2D eigenvalue weighted by molar-refractivity contribution is 0.100. The van der Waals surface area contributed by atoms with Gasteiger partial charge in [-0.05, 0) is 51.9 Å². The van der Waals surface area contributed by atoms with Crippen molar-refractivity contribution in [1.29, 1.82) is 0 Å². The van der Waals surface area contributed by atoms with E-state index in [1.54, 1.807) is 18.3 Å². The van der Waals surface area contributed by atoms with Crippen LogP contribution in [0.15, 0.2) is 18.3 Å². The molecule has 1 aromatic heterocycles. The van der Waals surface area contributed by atoms with Crippen LogP contribution in [-0.2, 0) is 0 Å². The Morgan fingerprint density at radius 2 is 2.30 bits per heavy atom. The van der Waals surface area contributed by atoms with Crippen molar-refractivity contribution >= 4 is 11.7 Å². The van der Waals surface area contributed by atoms with E-state index >= 15 is 0 Å². The Bertz CT molecular complexity index is 500. The van der Waals surface area contributed by atoms with Gasteiger partial charge in [0.2, 0.25) is 0 Å². The van der Waals surface area contributed by atoms with Crippen LogP contribution in [0.3, 0.4) is 0 Å². The molecule has 1 aliphatic heterocycles. The number of carbonyl (C=O) groups excluding carboxylic acids is 1. The van der Waals surface area contributed by atoms with Gasteiger partial charge in [-0.25, -0.2) is 4.98 Å². The predicted octanol–water partition coefficient (Wildman–Crippen LogP) is 1.35. The van der Waals surface area contributed by atoms with Gasteiger partial charge < -0.3 is 15.5 Å². The molecule has 1 atom stereocenters. The molecule has 1 saturated heterocycles. The number of carbonyl (C=O) groups is 1. The molecule has 2 rings (SSSR count). The van der Waals surface area contributed by atoms with E-state index in [9.17, 15) is 4.79 Å². The van der Waals surface area contributed by atoms with Gasteiger partial charge in [0.05, 0.1) is 5.56 Å². The number of pyridine rings is 1. The minimum atomic E-state index is -0.428. The summed E-state index contributed by atoms with van der Waals surface area (Å²) in [6.07, 6.45) is 2.86. The quantitative estimate of drug-likeness (QED) is 0.901. The van der Waals surface area contributed by atoms with Crippen molar-refractivity contribution in [3.63, 3.8) is 0 Å². The summed E-state index contributed by atoms with van der Waals surface area (Å²) >= 11 is 0. The first kappa shape index (κ1) is 14.8. The third kappa shape index (κ3) is 2.63. The minimum Gasteiger partial charge on any atom is -0.365 e. The molecular weight excluding hydrogens is 252 g/mol. The second-order valence-electron chi connectivity index (χ2n) is 6.18. The predicted molar refractivity (Wildman–Crippen MR) is 80.8 cm³/mol. The standard InChI is InChI=1S/C15H24N4O/c1-15(2)11(7-9-19(15)4)10-18(3)14-12(13(16)20)6-5-8-17-14/h5-6,8,11H,7,9-10H2,1-4H3,(H2,16,20)/t11-/m1/s1. The highest BCUT2D eigenvalue weighted by Gasteiger charge is 2.39. The highest BCUT2D eigenvalue weighted by atomic mass is 16.1. The van der Waals surface area contributed by atoms with Crippen molar-refractivity contribution in [2.24, 2.45) is 11.7 Å². The third-order valence-electron chi connectivity index (χ3n) is 4.70. The number of aromatic nitrogens is 1. The number of nitrogens with zero attached hydrogens (tertiary/aromatic N) is 3. The number of likely N-dealkylation sites (tertiary alicyclic amines) is 1. The molecule has 20 heavy (non-hydrogen) atoms. The van der Waals surface area contributed by atoms with Gasteiger partial charge in [0, 0.05) is 25.3 Å². The Morgan fingerprint density at radius 3 is 2.85 bits per heavy atom. The van der Waals surface area contributed by atoms with E-state index in [4.69, 9.17) is 5.73 Å². The molecule has 0 unspecified atom stereocenters.